The molecule has 1 heterocycles. The normalized spacial score (nSPS) is 12.3. The maximum absolute atomic E-state index is 12.1. The minimum absolute atomic E-state index is 0.143. The van der Waals surface area contributed by atoms with Crippen molar-refractivity contribution in [2.75, 3.05) is 5.32 Å². The molecule has 0 aliphatic rings. The van der Waals surface area contributed by atoms with Crippen LogP contribution in [-0.4, -0.2) is 22.5 Å². The topological polar surface area (TPSA) is 83.1 Å². The van der Waals surface area contributed by atoms with E-state index in [0.717, 1.165) is 5.01 Å². The Bertz CT molecular complexity index is 690. The van der Waals surface area contributed by atoms with E-state index < -0.39 is 0 Å². The molecule has 128 valence electrons. The Hall–Kier alpha value is -2.41. The van der Waals surface area contributed by atoms with Gasteiger partial charge in [0, 0.05) is 28.4 Å². The molecule has 0 bridgehead atoms. The predicted octanol–water partition coefficient (Wildman–Crippen LogP) is 3.55. The zero-order chi connectivity index (χ0) is 17.7. The van der Waals surface area contributed by atoms with Crippen molar-refractivity contribution in [3.63, 3.8) is 0 Å². The van der Waals surface area contributed by atoms with Gasteiger partial charge in [0.2, 0.25) is 0 Å². The van der Waals surface area contributed by atoms with Crippen molar-refractivity contribution in [2.24, 2.45) is 0 Å². The molecule has 3 amide bonds. The molecule has 0 saturated carbocycles. The number of hydrogen-bond acceptors (Lipinski definition) is 4. The van der Waals surface area contributed by atoms with Gasteiger partial charge >= 0.3 is 6.03 Å². The molecule has 0 radical (unpaired) electrons. The summed E-state index contributed by atoms with van der Waals surface area (Å²) in [6.07, 6.45) is 1.71. The van der Waals surface area contributed by atoms with E-state index in [1.807, 2.05) is 33.1 Å². The maximum atomic E-state index is 12.1. The second-order valence-corrected chi connectivity index (χ2v) is 7.40. The second kappa shape index (κ2) is 7.44. The van der Waals surface area contributed by atoms with Gasteiger partial charge in [-0.05, 0) is 52.0 Å². The predicted molar refractivity (Wildman–Crippen MR) is 96.3 cm³/mol. The molecular formula is C17H22N4O2S. The van der Waals surface area contributed by atoms with Gasteiger partial charge in [-0.3, -0.25) is 4.79 Å². The van der Waals surface area contributed by atoms with Gasteiger partial charge in [0.25, 0.3) is 5.91 Å². The van der Waals surface area contributed by atoms with Gasteiger partial charge in [-0.25, -0.2) is 9.78 Å². The van der Waals surface area contributed by atoms with Crippen LogP contribution in [0.25, 0.3) is 0 Å². The molecule has 1 atom stereocenters. The first-order chi connectivity index (χ1) is 11.2. The number of anilines is 1. The Kier molecular flexibility index (Phi) is 5.56. The van der Waals surface area contributed by atoms with Crippen molar-refractivity contribution in [2.45, 2.75) is 39.3 Å². The standard InChI is InChI=1S/C17H22N4O2S/c1-11(15-18-9-10-24-15)19-16(23)20-13-7-5-12(6-8-13)14(22)21-17(2,3)4/h5-11H,1-4H3,(H,21,22)(H2,19,20,23)/t11-/m0/s1. The lowest BCUT2D eigenvalue weighted by Gasteiger charge is -2.20. The number of urea groups is 1. The van der Waals surface area contributed by atoms with Gasteiger partial charge in [-0.2, -0.15) is 0 Å². The summed E-state index contributed by atoms with van der Waals surface area (Å²) in [7, 11) is 0. The molecule has 0 unspecified atom stereocenters. The molecule has 2 aromatic rings. The van der Waals surface area contributed by atoms with Crippen LogP contribution in [0.4, 0.5) is 10.5 Å². The number of thiazole rings is 1. The van der Waals surface area contributed by atoms with Crippen LogP contribution in [0.1, 0.15) is 49.1 Å². The van der Waals surface area contributed by atoms with Crippen molar-refractivity contribution >= 4 is 29.0 Å². The summed E-state index contributed by atoms with van der Waals surface area (Å²) in [4.78, 5) is 28.2. The third-order valence-corrected chi connectivity index (χ3v) is 4.02. The number of amides is 3. The largest absolute Gasteiger partial charge is 0.347 e. The van der Waals surface area contributed by atoms with Gasteiger partial charge in [-0.15, -0.1) is 11.3 Å². The Morgan fingerprint density at radius 3 is 2.38 bits per heavy atom. The number of nitrogens with one attached hydrogen (secondary N) is 3. The Morgan fingerprint density at radius 1 is 1.17 bits per heavy atom. The summed E-state index contributed by atoms with van der Waals surface area (Å²) in [5, 5.41) is 11.2. The average molecular weight is 346 g/mol. The van der Waals surface area contributed by atoms with Gasteiger partial charge in [-0.1, -0.05) is 0 Å². The first-order valence-corrected chi connectivity index (χ1v) is 8.52. The molecule has 0 fully saturated rings. The molecule has 6 nitrogen and oxygen atoms in total. The molecule has 1 aromatic heterocycles. The van der Waals surface area contributed by atoms with Crippen LogP contribution < -0.4 is 16.0 Å². The molecule has 0 saturated heterocycles. The number of carbonyl (C=O) groups is 2. The molecule has 24 heavy (non-hydrogen) atoms. The number of rotatable bonds is 4. The maximum Gasteiger partial charge on any atom is 0.319 e. The third-order valence-electron chi connectivity index (χ3n) is 3.06. The quantitative estimate of drug-likeness (QED) is 0.791. The van der Waals surface area contributed by atoms with Crippen molar-refractivity contribution in [3.8, 4) is 0 Å². The Labute approximate surface area is 145 Å². The van der Waals surface area contributed by atoms with Crippen LogP contribution in [0.3, 0.4) is 0 Å². The highest BCUT2D eigenvalue weighted by molar-refractivity contribution is 7.09. The van der Waals surface area contributed by atoms with Crippen LogP contribution in [0.15, 0.2) is 35.8 Å². The molecule has 0 spiro atoms. The van der Waals surface area contributed by atoms with Gasteiger partial charge in [0.1, 0.15) is 5.01 Å². The molecule has 3 N–H and O–H groups in total. The lowest BCUT2D eigenvalue weighted by molar-refractivity contribution is 0.0919. The van der Waals surface area contributed by atoms with E-state index >= 15 is 0 Å². The number of aromatic nitrogens is 1. The minimum atomic E-state index is -0.315. The molecule has 0 aliphatic heterocycles. The van der Waals surface area contributed by atoms with Crippen molar-refractivity contribution in [1.29, 1.82) is 0 Å². The van der Waals surface area contributed by atoms with Crippen LogP contribution in [0.2, 0.25) is 0 Å². The van der Waals surface area contributed by atoms with Crippen LogP contribution in [0, 0.1) is 0 Å². The lowest BCUT2D eigenvalue weighted by atomic mass is 10.1. The highest BCUT2D eigenvalue weighted by Crippen LogP contribution is 2.15. The fraction of sp³-hybridized carbons (Fsp3) is 0.353. The van der Waals surface area contributed by atoms with Crippen molar-refractivity contribution < 1.29 is 9.59 Å². The summed E-state index contributed by atoms with van der Waals surface area (Å²) in [6.45, 7) is 7.65. The third kappa shape index (κ3) is 5.34. The summed E-state index contributed by atoms with van der Waals surface area (Å²) in [5.41, 5.74) is 0.873. The number of nitrogens with zero attached hydrogens (tertiary/aromatic N) is 1. The van der Waals surface area contributed by atoms with Gasteiger partial charge in [0.15, 0.2) is 0 Å². The fourth-order valence-corrected chi connectivity index (χ4v) is 2.64. The molecule has 7 heteroatoms. The first-order valence-electron chi connectivity index (χ1n) is 7.64. The fourth-order valence-electron chi connectivity index (χ4n) is 1.99. The number of benzene rings is 1. The van der Waals surface area contributed by atoms with E-state index in [9.17, 15) is 9.59 Å². The summed E-state index contributed by atoms with van der Waals surface area (Å²) >= 11 is 1.49. The van der Waals surface area contributed by atoms with E-state index in [4.69, 9.17) is 0 Å². The van der Waals surface area contributed by atoms with E-state index in [1.54, 1.807) is 30.5 Å². The lowest BCUT2D eigenvalue weighted by Crippen LogP contribution is -2.40. The Morgan fingerprint density at radius 2 is 1.83 bits per heavy atom. The van der Waals surface area contributed by atoms with E-state index in [2.05, 4.69) is 20.9 Å². The molecule has 0 aliphatic carbocycles. The van der Waals surface area contributed by atoms with Crippen LogP contribution in [0.5, 0.6) is 0 Å². The monoisotopic (exact) mass is 346 g/mol. The van der Waals surface area contributed by atoms with Gasteiger partial charge < -0.3 is 16.0 Å². The highest BCUT2D eigenvalue weighted by atomic mass is 32.1. The molecule has 2 rings (SSSR count). The smallest absolute Gasteiger partial charge is 0.319 e. The zero-order valence-corrected chi connectivity index (χ0v) is 15.0. The first kappa shape index (κ1) is 17.9. The van der Waals surface area contributed by atoms with E-state index in [1.165, 1.54) is 11.3 Å². The van der Waals surface area contributed by atoms with Gasteiger partial charge in [0.05, 0.1) is 6.04 Å². The zero-order valence-electron chi connectivity index (χ0n) is 14.2. The summed E-state index contributed by atoms with van der Waals surface area (Å²) in [5.74, 6) is -0.143. The highest BCUT2D eigenvalue weighted by Gasteiger charge is 2.15. The molecular weight excluding hydrogens is 324 g/mol. The second-order valence-electron chi connectivity index (χ2n) is 6.47. The molecule has 1 aromatic carbocycles. The average Bonchev–Trinajstić information content (AvgIpc) is 3.00. The SMILES string of the molecule is C[C@H](NC(=O)Nc1ccc(C(=O)NC(C)(C)C)cc1)c1nccs1. The van der Waals surface area contributed by atoms with Crippen molar-refractivity contribution in [1.82, 2.24) is 15.6 Å². The number of carbonyl (C=O) groups excluding carboxylic acids is 2. The van der Waals surface area contributed by atoms with Crippen LogP contribution in [-0.2, 0) is 0 Å². The van der Waals surface area contributed by atoms with Crippen molar-refractivity contribution in [3.05, 3.63) is 46.4 Å². The Balaban J connectivity index is 1.91. The minimum Gasteiger partial charge on any atom is -0.347 e. The summed E-state index contributed by atoms with van der Waals surface area (Å²) in [6, 6.07) is 6.28. The van der Waals surface area contributed by atoms with E-state index in [-0.39, 0.29) is 23.5 Å². The summed E-state index contributed by atoms with van der Waals surface area (Å²) < 4.78 is 0. The number of hydrogen-bond donors (Lipinski definition) is 3. The van der Waals surface area contributed by atoms with Crippen LogP contribution >= 0.6 is 11.3 Å². The van der Waals surface area contributed by atoms with E-state index in [0.29, 0.717) is 11.3 Å².